The first-order valence-corrected chi connectivity index (χ1v) is 8.90. The van der Waals surface area contributed by atoms with Crippen molar-refractivity contribution < 1.29 is 9.90 Å². The van der Waals surface area contributed by atoms with Crippen LogP contribution in [0.3, 0.4) is 0 Å². The van der Waals surface area contributed by atoms with Crippen LogP contribution in [0.5, 0.6) is 0 Å². The molecular formula is C18H22N2O2S. The van der Waals surface area contributed by atoms with Crippen LogP contribution in [0.15, 0.2) is 41.8 Å². The minimum absolute atomic E-state index is 0.224. The number of carbonyl (C=O) groups is 1. The average Bonchev–Trinajstić information content (AvgIpc) is 3.07. The lowest BCUT2D eigenvalue weighted by Gasteiger charge is -2.34. The highest BCUT2D eigenvalue weighted by atomic mass is 32.1. The van der Waals surface area contributed by atoms with Gasteiger partial charge in [-0.15, -0.1) is 11.3 Å². The summed E-state index contributed by atoms with van der Waals surface area (Å²) in [6.45, 7) is 0.843. The summed E-state index contributed by atoms with van der Waals surface area (Å²) in [5.74, 6) is 0. The Morgan fingerprint density at radius 2 is 2.09 bits per heavy atom. The molecule has 1 heterocycles. The van der Waals surface area contributed by atoms with Gasteiger partial charge < -0.3 is 15.7 Å². The zero-order chi connectivity index (χ0) is 16.1. The molecule has 1 unspecified atom stereocenters. The molecule has 0 saturated carbocycles. The van der Waals surface area contributed by atoms with E-state index in [0.717, 1.165) is 24.8 Å². The number of fused-ring (bicyclic) bond motifs is 1. The second-order valence-electron chi connectivity index (χ2n) is 5.98. The van der Waals surface area contributed by atoms with Gasteiger partial charge in [-0.1, -0.05) is 30.3 Å². The zero-order valence-corrected chi connectivity index (χ0v) is 13.9. The molecule has 122 valence electrons. The van der Waals surface area contributed by atoms with Gasteiger partial charge in [-0.25, -0.2) is 4.79 Å². The molecule has 1 aromatic carbocycles. The first kappa shape index (κ1) is 16.0. The number of urea groups is 1. The number of nitrogens with one attached hydrogen (secondary N) is 2. The van der Waals surface area contributed by atoms with E-state index in [9.17, 15) is 9.90 Å². The van der Waals surface area contributed by atoms with Crippen LogP contribution in [0.4, 0.5) is 4.79 Å². The molecule has 0 spiro atoms. The third kappa shape index (κ3) is 3.92. The Balaban J connectivity index is 1.50. The van der Waals surface area contributed by atoms with Crippen molar-refractivity contribution in [3.63, 3.8) is 0 Å². The molecule has 1 aliphatic carbocycles. The number of hydrogen-bond donors (Lipinski definition) is 3. The van der Waals surface area contributed by atoms with Crippen molar-refractivity contribution >= 4 is 17.4 Å². The first-order valence-electron chi connectivity index (χ1n) is 8.02. The molecule has 0 radical (unpaired) electrons. The van der Waals surface area contributed by atoms with E-state index >= 15 is 0 Å². The van der Waals surface area contributed by atoms with Gasteiger partial charge in [-0.3, -0.25) is 0 Å². The van der Waals surface area contributed by atoms with Gasteiger partial charge in [0.15, 0.2) is 0 Å². The van der Waals surface area contributed by atoms with E-state index < -0.39 is 5.60 Å². The third-order valence-electron chi connectivity index (χ3n) is 4.33. The number of hydrogen-bond acceptors (Lipinski definition) is 3. The van der Waals surface area contributed by atoms with Crippen molar-refractivity contribution in [3.05, 3.63) is 57.8 Å². The number of rotatable bonds is 5. The molecule has 0 aliphatic heterocycles. The molecule has 1 aromatic heterocycles. The fourth-order valence-corrected chi connectivity index (χ4v) is 3.83. The molecule has 0 saturated heterocycles. The van der Waals surface area contributed by atoms with Gasteiger partial charge in [0.2, 0.25) is 0 Å². The number of carbonyl (C=O) groups excluding carboxylic acids is 1. The van der Waals surface area contributed by atoms with E-state index in [1.54, 1.807) is 11.3 Å². The molecular weight excluding hydrogens is 308 g/mol. The van der Waals surface area contributed by atoms with Gasteiger partial charge in [0.1, 0.15) is 5.60 Å². The van der Waals surface area contributed by atoms with Crippen LogP contribution in [-0.2, 0) is 18.4 Å². The average molecular weight is 330 g/mol. The standard InChI is InChI=1S/C18H22N2O2S/c21-17(19-11-9-15-7-4-12-23-15)20-13-18(22)10-3-6-14-5-1-2-8-16(14)18/h1-2,4-5,7-8,12,22H,3,6,9-11,13H2,(H2,19,20,21). The maximum Gasteiger partial charge on any atom is 0.314 e. The molecule has 1 aliphatic rings. The molecule has 2 amide bonds. The minimum atomic E-state index is -0.958. The topological polar surface area (TPSA) is 61.4 Å². The Morgan fingerprint density at radius 1 is 1.22 bits per heavy atom. The monoisotopic (exact) mass is 330 g/mol. The van der Waals surface area contributed by atoms with Crippen LogP contribution in [0.25, 0.3) is 0 Å². The van der Waals surface area contributed by atoms with Crippen molar-refractivity contribution in [2.75, 3.05) is 13.1 Å². The molecule has 5 heteroatoms. The van der Waals surface area contributed by atoms with E-state index in [1.165, 1.54) is 10.4 Å². The second kappa shape index (κ2) is 7.15. The van der Waals surface area contributed by atoms with Crippen LogP contribution in [0.2, 0.25) is 0 Å². The van der Waals surface area contributed by atoms with Crippen molar-refractivity contribution in [2.45, 2.75) is 31.3 Å². The Labute approximate surface area is 140 Å². The quantitative estimate of drug-likeness (QED) is 0.789. The van der Waals surface area contributed by atoms with Crippen LogP contribution >= 0.6 is 11.3 Å². The lowest BCUT2D eigenvalue weighted by atomic mass is 9.79. The summed E-state index contributed by atoms with van der Waals surface area (Å²) in [4.78, 5) is 13.2. The molecule has 1 atom stereocenters. The number of aliphatic hydroxyl groups is 1. The van der Waals surface area contributed by atoms with Crippen LogP contribution in [0, 0.1) is 0 Å². The van der Waals surface area contributed by atoms with E-state index in [-0.39, 0.29) is 12.6 Å². The maximum atomic E-state index is 11.9. The summed E-state index contributed by atoms with van der Waals surface area (Å²) < 4.78 is 0. The van der Waals surface area contributed by atoms with E-state index in [2.05, 4.69) is 22.8 Å². The molecule has 0 fully saturated rings. The normalized spacial score (nSPS) is 19.9. The number of aryl methyl sites for hydroxylation is 1. The minimum Gasteiger partial charge on any atom is -0.383 e. The lowest BCUT2D eigenvalue weighted by molar-refractivity contribution is 0.0217. The van der Waals surface area contributed by atoms with Crippen molar-refractivity contribution in [3.8, 4) is 0 Å². The molecule has 3 N–H and O–H groups in total. The molecule has 23 heavy (non-hydrogen) atoms. The number of benzene rings is 1. The van der Waals surface area contributed by atoms with Gasteiger partial charge in [-0.2, -0.15) is 0 Å². The summed E-state index contributed by atoms with van der Waals surface area (Å²) in [6.07, 6.45) is 3.44. The Hall–Kier alpha value is -1.85. The third-order valence-corrected chi connectivity index (χ3v) is 5.27. The summed E-state index contributed by atoms with van der Waals surface area (Å²) in [6, 6.07) is 11.8. The molecule has 0 bridgehead atoms. The van der Waals surface area contributed by atoms with Crippen LogP contribution in [-0.4, -0.2) is 24.2 Å². The van der Waals surface area contributed by atoms with E-state index in [0.29, 0.717) is 13.0 Å². The van der Waals surface area contributed by atoms with Gasteiger partial charge >= 0.3 is 6.03 Å². The highest BCUT2D eigenvalue weighted by Crippen LogP contribution is 2.34. The fraction of sp³-hybridized carbons (Fsp3) is 0.389. The predicted octanol–water partition coefficient (Wildman–Crippen LogP) is 2.81. The van der Waals surface area contributed by atoms with Gasteiger partial charge in [0.05, 0.1) is 6.54 Å². The Kier molecular flexibility index (Phi) is 4.98. The van der Waals surface area contributed by atoms with Crippen LogP contribution < -0.4 is 10.6 Å². The highest BCUT2D eigenvalue weighted by molar-refractivity contribution is 7.09. The molecule has 2 aromatic rings. The predicted molar refractivity (Wildman–Crippen MR) is 92.7 cm³/mol. The van der Waals surface area contributed by atoms with Gasteiger partial charge in [0, 0.05) is 11.4 Å². The second-order valence-corrected chi connectivity index (χ2v) is 7.01. The first-order chi connectivity index (χ1) is 11.2. The zero-order valence-electron chi connectivity index (χ0n) is 13.0. The fourth-order valence-electron chi connectivity index (χ4n) is 3.12. The summed E-state index contributed by atoms with van der Waals surface area (Å²) in [5, 5.41) is 18.6. The van der Waals surface area contributed by atoms with Crippen molar-refractivity contribution in [2.24, 2.45) is 0 Å². The van der Waals surface area contributed by atoms with Crippen LogP contribution in [0.1, 0.15) is 28.8 Å². The number of amides is 2. The summed E-state index contributed by atoms with van der Waals surface area (Å²) in [7, 11) is 0. The lowest BCUT2D eigenvalue weighted by Crippen LogP contribution is -2.46. The Bertz CT molecular complexity index is 657. The van der Waals surface area contributed by atoms with Gasteiger partial charge in [-0.05, 0) is 48.3 Å². The Morgan fingerprint density at radius 3 is 2.91 bits per heavy atom. The number of thiophene rings is 1. The molecule has 3 rings (SSSR count). The largest absolute Gasteiger partial charge is 0.383 e. The van der Waals surface area contributed by atoms with Gasteiger partial charge in [0.25, 0.3) is 0 Å². The summed E-state index contributed by atoms with van der Waals surface area (Å²) >= 11 is 1.69. The molecule has 4 nitrogen and oxygen atoms in total. The maximum absolute atomic E-state index is 11.9. The van der Waals surface area contributed by atoms with E-state index in [4.69, 9.17) is 0 Å². The summed E-state index contributed by atoms with van der Waals surface area (Å²) in [5.41, 5.74) is 1.17. The van der Waals surface area contributed by atoms with Crippen molar-refractivity contribution in [1.29, 1.82) is 0 Å². The highest BCUT2D eigenvalue weighted by Gasteiger charge is 2.34. The smallest absolute Gasteiger partial charge is 0.314 e. The SMILES string of the molecule is O=C(NCCc1cccs1)NCC1(O)CCCc2ccccc21. The van der Waals surface area contributed by atoms with E-state index in [1.807, 2.05) is 29.6 Å². The van der Waals surface area contributed by atoms with Crippen molar-refractivity contribution in [1.82, 2.24) is 10.6 Å².